The second kappa shape index (κ2) is 7.64. The summed E-state index contributed by atoms with van der Waals surface area (Å²) < 4.78 is 6.67. The average molecular weight is 376 g/mol. The lowest BCUT2D eigenvalue weighted by molar-refractivity contribution is -0.127. The lowest BCUT2D eigenvalue weighted by Gasteiger charge is -2.20. The highest BCUT2D eigenvalue weighted by Gasteiger charge is 2.18. The van der Waals surface area contributed by atoms with E-state index in [-0.39, 0.29) is 11.9 Å². The van der Waals surface area contributed by atoms with Crippen LogP contribution in [0.25, 0.3) is 0 Å². The van der Waals surface area contributed by atoms with E-state index in [4.69, 9.17) is 4.74 Å². The van der Waals surface area contributed by atoms with Gasteiger partial charge in [-0.1, -0.05) is 39.7 Å². The third kappa shape index (κ3) is 4.83. The number of aryl methyl sites for hydroxylation is 2. The maximum atomic E-state index is 12.3. The minimum atomic E-state index is -0.552. The third-order valence-electron chi connectivity index (χ3n) is 3.76. The van der Waals surface area contributed by atoms with Crippen molar-refractivity contribution < 1.29 is 9.53 Å². The van der Waals surface area contributed by atoms with Gasteiger partial charge in [0, 0.05) is 4.47 Å². The maximum Gasteiger partial charge on any atom is 0.261 e. The highest BCUT2D eigenvalue weighted by Crippen LogP contribution is 2.20. The second-order valence-corrected chi connectivity index (χ2v) is 6.72. The minimum Gasteiger partial charge on any atom is -0.481 e. The summed E-state index contributed by atoms with van der Waals surface area (Å²) in [5, 5.41) is 3.02. The zero-order valence-electron chi connectivity index (χ0n) is 13.9. The highest BCUT2D eigenvalue weighted by atomic mass is 79.9. The summed E-state index contributed by atoms with van der Waals surface area (Å²) in [6, 6.07) is 13.7. The molecular weight excluding hydrogens is 354 g/mol. The van der Waals surface area contributed by atoms with E-state index in [0.717, 1.165) is 10.0 Å². The Labute approximate surface area is 146 Å². The van der Waals surface area contributed by atoms with Gasteiger partial charge in [-0.2, -0.15) is 0 Å². The van der Waals surface area contributed by atoms with E-state index in [2.05, 4.69) is 53.3 Å². The fraction of sp³-hybridized carbons (Fsp3) is 0.316. The van der Waals surface area contributed by atoms with Crippen molar-refractivity contribution in [1.82, 2.24) is 5.32 Å². The van der Waals surface area contributed by atoms with Gasteiger partial charge in [0.2, 0.25) is 0 Å². The Morgan fingerprint density at radius 3 is 2.39 bits per heavy atom. The normalized spacial score (nSPS) is 13.3. The highest BCUT2D eigenvalue weighted by molar-refractivity contribution is 9.10. The fourth-order valence-electron chi connectivity index (χ4n) is 2.41. The van der Waals surface area contributed by atoms with E-state index in [1.807, 2.05) is 31.2 Å². The molecule has 0 radical (unpaired) electrons. The number of rotatable bonds is 5. The number of hydrogen-bond acceptors (Lipinski definition) is 2. The van der Waals surface area contributed by atoms with Crippen molar-refractivity contribution in [2.24, 2.45) is 0 Å². The Bertz CT molecular complexity index is 682. The molecule has 2 rings (SSSR count). The minimum absolute atomic E-state index is 0.0571. The van der Waals surface area contributed by atoms with E-state index in [1.54, 1.807) is 6.92 Å². The first-order valence-corrected chi connectivity index (χ1v) is 8.46. The summed E-state index contributed by atoms with van der Waals surface area (Å²) >= 11 is 3.38. The predicted molar refractivity (Wildman–Crippen MR) is 96.7 cm³/mol. The van der Waals surface area contributed by atoms with E-state index < -0.39 is 6.10 Å². The molecule has 23 heavy (non-hydrogen) atoms. The topological polar surface area (TPSA) is 38.3 Å². The molecule has 0 aromatic heterocycles. The van der Waals surface area contributed by atoms with Crippen LogP contribution in [0.4, 0.5) is 0 Å². The Morgan fingerprint density at radius 2 is 1.74 bits per heavy atom. The molecule has 0 saturated heterocycles. The van der Waals surface area contributed by atoms with Crippen LogP contribution in [0.3, 0.4) is 0 Å². The molecule has 1 N–H and O–H groups in total. The molecule has 0 aliphatic carbocycles. The first kappa shape index (κ1) is 17.5. The molecule has 0 aliphatic rings. The van der Waals surface area contributed by atoms with Gasteiger partial charge in [-0.25, -0.2) is 0 Å². The molecule has 2 atom stereocenters. The van der Waals surface area contributed by atoms with Crippen LogP contribution in [0.2, 0.25) is 0 Å². The van der Waals surface area contributed by atoms with Crippen molar-refractivity contribution in [2.75, 3.05) is 0 Å². The van der Waals surface area contributed by atoms with Crippen LogP contribution in [0.1, 0.15) is 36.6 Å². The summed E-state index contributed by atoms with van der Waals surface area (Å²) in [4.78, 5) is 12.3. The number of ether oxygens (including phenoxy) is 1. The van der Waals surface area contributed by atoms with Gasteiger partial charge in [0.1, 0.15) is 5.75 Å². The lowest BCUT2D eigenvalue weighted by atomic mass is 10.00. The van der Waals surface area contributed by atoms with Crippen molar-refractivity contribution in [3.8, 4) is 5.75 Å². The van der Waals surface area contributed by atoms with Crippen molar-refractivity contribution in [1.29, 1.82) is 0 Å². The lowest BCUT2D eigenvalue weighted by Crippen LogP contribution is -2.38. The quantitative estimate of drug-likeness (QED) is 0.821. The monoisotopic (exact) mass is 375 g/mol. The molecule has 0 bridgehead atoms. The van der Waals surface area contributed by atoms with Gasteiger partial charge in [-0.15, -0.1) is 0 Å². The molecule has 0 fully saturated rings. The standard InChI is InChI=1S/C19H22BrNO2/c1-12-5-6-13(2)18(11-12)14(3)21-19(22)15(4)23-17-9-7-16(20)8-10-17/h5-11,14-15H,1-4H3,(H,21,22)/t14-,15-/m0/s1. The zero-order chi connectivity index (χ0) is 17.0. The molecular formula is C19H22BrNO2. The molecule has 122 valence electrons. The Hall–Kier alpha value is -1.81. The molecule has 2 aromatic rings. The largest absolute Gasteiger partial charge is 0.481 e. The van der Waals surface area contributed by atoms with E-state index in [9.17, 15) is 4.79 Å². The maximum absolute atomic E-state index is 12.3. The summed E-state index contributed by atoms with van der Waals surface area (Å²) in [7, 11) is 0. The van der Waals surface area contributed by atoms with Gasteiger partial charge in [0.15, 0.2) is 6.10 Å². The molecule has 0 unspecified atom stereocenters. The summed E-state index contributed by atoms with van der Waals surface area (Å²) in [6.07, 6.45) is -0.552. The smallest absolute Gasteiger partial charge is 0.261 e. The van der Waals surface area contributed by atoms with Gasteiger partial charge >= 0.3 is 0 Å². The average Bonchev–Trinajstić information content (AvgIpc) is 2.51. The van der Waals surface area contributed by atoms with Crippen LogP contribution in [-0.2, 0) is 4.79 Å². The van der Waals surface area contributed by atoms with Crippen LogP contribution in [0, 0.1) is 13.8 Å². The molecule has 4 heteroatoms. The van der Waals surface area contributed by atoms with E-state index >= 15 is 0 Å². The van der Waals surface area contributed by atoms with E-state index in [0.29, 0.717) is 5.75 Å². The Kier molecular flexibility index (Phi) is 5.83. The molecule has 1 amide bonds. The third-order valence-corrected chi connectivity index (χ3v) is 4.28. The van der Waals surface area contributed by atoms with Gasteiger partial charge in [-0.3, -0.25) is 4.79 Å². The molecule has 2 aromatic carbocycles. The van der Waals surface area contributed by atoms with Gasteiger partial charge in [-0.05, 0) is 63.1 Å². The zero-order valence-corrected chi connectivity index (χ0v) is 15.5. The number of amides is 1. The van der Waals surface area contributed by atoms with Crippen LogP contribution < -0.4 is 10.1 Å². The Morgan fingerprint density at radius 1 is 1.09 bits per heavy atom. The van der Waals surface area contributed by atoms with Crippen molar-refractivity contribution in [2.45, 2.75) is 39.8 Å². The number of nitrogens with one attached hydrogen (secondary N) is 1. The Balaban J connectivity index is 2.00. The molecule has 0 heterocycles. The summed E-state index contributed by atoms with van der Waals surface area (Å²) in [5.74, 6) is 0.552. The first-order valence-electron chi connectivity index (χ1n) is 7.66. The molecule has 0 aliphatic heterocycles. The molecule has 3 nitrogen and oxygen atoms in total. The van der Waals surface area contributed by atoms with Gasteiger partial charge in [0.05, 0.1) is 6.04 Å². The molecule has 0 saturated carbocycles. The van der Waals surface area contributed by atoms with Crippen LogP contribution in [-0.4, -0.2) is 12.0 Å². The molecule has 0 spiro atoms. The number of hydrogen-bond donors (Lipinski definition) is 1. The predicted octanol–water partition coefficient (Wildman–Crippen LogP) is 4.71. The second-order valence-electron chi connectivity index (χ2n) is 5.80. The van der Waals surface area contributed by atoms with Crippen molar-refractivity contribution in [3.63, 3.8) is 0 Å². The van der Waals surface area contributed by atoms with Gasteiger partial charge in [0.25, 0.3) is 5.91 Å². The number of carbonyl (C=O) groups is 1. The van der Waals surface area contributed by atoms with Crippen molar-refractivity contribution in [3.05, 3.63) is 63.6 Å². The van der Waals surface area contributed by atoms with E-state index in [1.165, 1.54) is 11.1 Å². The van der Waals surface area contributed by atoms with Crippen LogP contribution >= 0.6 is 15.9 Å². The van der Waals surface area contributed by atoms with Crippen LogP contribution in [0.15, 0.2) is 46.9 Å². The first-order chi connectivity index (χ1) is 10.9. The summed E-state index contributed by atoms with van der Waals surface area (Å²) in [5.41, 5.74) is 3.49. The number of halogens is 1. The fourth-order valence-corrected chi connectivity index (χ4v) is 2.67. The summed E-state index contributed by atoms with van der Waals surface area (Å²) in [6.45, 7) is 7.86. The van der Waals surface area contributed by atoms with Gasteiger partial charge < -0.3 is 10.1 Å². The van der Waals surface area contributed by atoms with Crippen LogP contribution in [0.5, 0.6) is 5.75 Å². The number of benzene rings is 2. The van der Waals surface area contributed by atoms with Crippen molar-refractivity contribution >= 4 is 21.8 Å². The SMILES string of the molecule is Cc1ccc(C)c([C@H](C)NC(=O)[C@H](C)Oc2ccc(Br)cc2)c1. The number of carbonyl (C=O) groups excluding carboxylic acids is 1.